The number of thioether (sulfide) groups is 1. The second kappa shape index (κ2) is 6.83. The highest BCUT2D eigenvalue weighted by atomic mass is 32.2. The standard InChI is InChI=1S/C12H20N2S/c1-4-5-6-7-8-15-12-13-10(2)9-11(3)14-12/h9H,4-8H2,1-3H3. The molecule has 1 heterocycles. The van der Waals surface area contributed by atoms with Crippen molar-refractivity contribution in [3.63, 3.8) is 0 Å². The molecule has 0 aliphatic rings. The van der Waals surface area contributed by atoms with Crippen molar-refractivity contribution in [2.75, 3.05) is 5.75 Å². The highest BCUT2D eigenvalue weighted by Gasteiger charge is 1.99. The molecule has 1 aromatic heterocycles. The van der Waals surface area contributed by atoms with E-state index in [4.69, 9.17) is 0 Å². The van der Waals surface area contributed by atoms with Crippen molar-refractivity contribution in [3.8, 4) is 0 Å². The molecule has 0 aliphatic heterocycles. The average Bonchev–Trinajstić information content (AvgIpc) is 2.16. The summed E-state index contributed by atoms with van der Waals surface area (Å²) in [6, 6.07) is 2.02. The molecule has 0 spiro atoms. The quantitative estimate of drug-likeness (QED) is 0.418. The van der Waals surface area contributed by atoms with Gasteiger partial charge in [0.15, 0.2) is 5.16 Å². The van der Waals surface area contributed by atoms with Gasteiger partial charge in [0, 0.05) is 17.1 Å². The maximum atomic E-state index is 4.40. The first-order valence-electron chi connectivity index (χ1n) is 5.67. The fraction of sp³-hybridized carbons (Fsp3) is 0.667. The van der Waals surface area contributed by atoms with Gasteiger partial charge in [-0.15, -0.1) is 0 Å². The van der Waals surface area contributed by atoms with E-state index in [1.807, 2.05) is 19.9 Å². The Hall–Kier alpha value is -0.570. The molecule has 15 heavy (non-hydrogen) atoms. The summed E-state index contributed by atoms with van der Waals surface area (Å²) in [5, 5.41) is 0.934. The molecule has 0 bridgehead atoms. The lowest BCUT2D eigenvalue weighted by Gasteiger charge is -2.02. The zero-order chi connectivity index (χ0) is 11.1. The van der Waals surface area contributed by atoms with Crippen molar-refractivity contribution < 1.29 is 0 Å². The predicted molar refractivity (Wildman–Crippen MR) is 66.4 cm³/mol. The van der Waals surface area contributed by atoms with Gasteiger partial charge in [-0.1, -0.05) is 37.9 Å². The van der Waals surface area contributed by atoms with Gasteiger partial charge in [0.05, 0.1) is 0 Å². The Balaban J connectivity index is 2.31. The first-order chi connectivity index (χ1) is 7.22. The fourth-order valence-electron chi connectivity index (χ4n) is 1.45. The molecule has 0 aliphatic carbocycles. The van der Waals surface area contributed by atoms with Crippen molar-refractivity contribution in [1.29, 1.82) is 0 Å². The van der Waals surface area contributed by atoms with E-state index < -0.39 is 0 Å². The van der Waals surface area contributed by atoms with Gasteiger partial charge in [0.1, 0.15) is 0 Å². The van der Waals surface area contributed by atoms with E-state index in [-0.39, 0.29) is 0 Å². The second-order valence-electron chi connectivity index (χ2n) is 3.84. The minimum atomic E-state index is 0.934. The molecule has 84 valence electrons. The van der Waals surface area contributed by atoms with Crippen LogP contribution in [0.5, 0.6) is 0 Å². The molecule has 0 aromatic carbocycles. The molecule has 0 amide bonds. The highest BCUT2D eigenvalue weighted by molar-refractivity contribution is 7.99. The zero-order valence-corrected chi connectivity index (χ0v) is 10.7. The minimum absolute atomic E-state index is 0.934. The van der Waals surface area contributed by atoms with Crippen LogP contribution in [0.4, 0.5) is 0 Å². The smallest absolute Gasteiger partial charge is 0.187 e. The topological polar surface area (TPSA) is 25.8 Å². The molecule has 0 unspecified atom stereocenters. The van der Waals surface area contributed by atoms with Crippen molar-refractivity contribution in [1.82, 2.24) is 9.97 Å². The average molecular weight is 224 g/mol. The number of aryl methyl sites for hydroxylation is 2. The molecular formula is C12H20N2S. The number of rotatable bonds is 6. The summed E-state index contributed by atoms with van der Waals surface area (Å²) in [6.07, 6.45) is 5.24. The number of hydrogen-bond donors (Lipinski definition) is 0. The maximum absolute atomic E-state index is 4.40. The molecular weight excluding hydrogens is 204 g/mol. The van der Waals surface area contributed by atoms with Gasteiger partial charge in [-0.05, 0) is 26.3 Å². The van der Waals surface area contributed by atoms with Crippen molar-refractivity contribution in [2.24, 2.45) is 0 Å². The first-order valence-corrected chi connectivity index (χ1v) is 6.66. The van der Waals surface area contributed by atoms with Crippen LogP contribution in [0.3, 0.4) is 0 Å². The Morgan fingerprint density at radius 2 is 1.73 bits per heavy atom. The molecule has 0 saturated heterocycles. The Bertz CT molecular complexity index is 279. The third kappa shape index (κ3) is 5.17. The van der Waals surface area contributed by atoms with E-state index in [2.05, 4.69) is 16.9 Å². The minimum Gasteiger partial charge on any atom is -0.228 e. The largest absolute Gasteiger partial charge is 0.228 e. The van der Waals surface area contributed by atoms with Crippen LogP contribution in [-0.2, 0) is 0 Å². The Morgan fingerprint density at radius 1 is 1.07 bits per heavy atom. The molecule has 0 saturated carbocycles. The molecule has 0 fully saturated rings. The van der Waals surface area contributed by atoms with Crippen LogP contribution >= 0.6 is 11.8 Å². The lowest BCUT2D eigenvalue weighted by atomic mass is 10.2. The number of unbranched alkanes of at least 4 members (excludes halogenated alkanes) is 3. The van der Waals surface area contributed by atoms with Crippen molar-refractivity contribution >= 4 is 11.8 Å². The van der Waals surface area contributed by atoms with Crippen LogP contribution < -0.4 is 0 Å². The van der Waals surface area contributed by atoms with Gasteiger partial charge in [-0.3, -0.25) is 0 Å². The van der Waals surface area contributed by atoms with E-state index >= 15 is 0 Å². The van der Waals surface area contributed by atoms with E-state index in [0.29, 0.717) is 0 Å². The van der Waals surface area contributed by atoms with Gasteiger partial charge in [-0.25, -0.2) is 9.97 Å². The summed E-state index contributed by atoms with van der Waals surface area (Å²) in [4.78, 5) is 8.81. The summed E-state index contributed by atoms with van der Waals surface area (Å²) in [5.41, 5.74) is 2.14. The van der Waals surface area contributed by atoms with Crippen molar-refractivity contribution in [3.05, 3.63) is 17.5 Å². The lowest BCUT2D eigenvalue weighted by molar-refractivity contribution is 0.706. The third-order valence-corrected chi connectivity index (χ3v) is 3.12. The Labute approximate surface area is 96.9 Å². The molecule has 3 heteroatoms. The van der Waals surface area contributed by atoms with E-state index in [1.54, 1.807) is 11.8 Å². The number of hydrogen-bond acceptors (Lipinski definition) is 3. The first kappa shape index (κ1) is 12.5. The summed E-state index contributed by atoms with van der Waals surface area (Å²) >= 11 is 1.78. The van der Waals surface area contributed by atoms with Gasteiger partial charge < -0.3 is 0 Å². The second-order valence-corrected chi connectivity index (χ2v) is 4.90. The van der Waals surface area contributed by atoms with Gasteiger partial charge in [0.2, 0.25) is 0 Å². The molecule has 0 N–H and O–H groups in total. The summed E-state index contributed by atoms with van der Waals surface area (Å²) < 4.78 is 0. The van der Waals surface area contributed by atoms with Crippen molar-refractivity contribution in [2.45, 2.75) is 51.6 Å². The molecule has 1 aromatic rings. The summed E-state index contributed by atoms with van der Waals surface area (Å²) in [7, 11) is 0. The van der Waals surface area contributed by atoms with E-state index in [1.165, 1.54) is 25.7 Å². The van der Waals surface area contributed by atoms with E-state index in [0.717, 1.165) is 22.3 Å². The molecule has 2 nitrogen and oxygen atoms in total. The fourth-order valence-corrected chi connectivity index (χ4v) is 2.40. The molecule has 0 atom stereocenters. The van der Waals surface area contributed by atoms with Gasteiger partial charge in [-0.2, -0.15) is 0 Å². The van der Waals surface area contributed by atoms with Crippen LogP contribution in [-0.4, -0.2) is 15.7 Å². The molecule has 1 rings (SSSR count). The predicted octanol–water partition coefficient (Wildman–Crippen LogP) is 3.77. The van der Waals surface area contributed by atoms with Gasteiger partial charge in [0.25, 0.3) is 0 Å². The Morgan fingerprint density at radius 3 is 2.33 bits per heavy atom. The SMILES string of the molecule is CCCCCCSc1nc(C)cc(C)n1. The Kier molecular flexibility index (Phi) is 5.69. The van der Waals surface area contributed by atoms with Crippen LogP contribution in [0.25, 0.3) is 0 Å². The monoisotopic (exact) mass is 224 g/mol. The van der Waals surface area contributed by atoms with E-state index in [9.17, 15) is 0 Å². The number of nitrogens with zero attached hydrogens (tertiary/aromatic N) is 2. The van der Waals surface area contributed by atoms with Gasteiger partial charge >= 0.3 is 0 Å². The summed E-state index contributed by atoms with van der Waals surface area (Å²) in [5.74, 6) is 1.14. The lowest BCUT2D eigenvalue weighted by Crippen LogP contribution is -1.93. The highest BCUT2D eigenvalue weighted by Crippen LogP contribution is 2.16. The van der Waals surface area contributed by atoms with Crippen LogP contribution in [0, 0.1) is 13.8 Å². The number of aromatic nitrogens is 2. The maximum Gasteiger partial charge on any atom is 0.187 e. The normalized spacial score (nSPS) is 10.6. The zero-order valence-electron chi connectivity index (χ0n) is 9.92. The third-order valence-electron chi connectivity index (χ3n) is 2.19. The van der Waals surface area contributed by atoms with Crippen LogP contribution in [0.15, 0.2) is 11.2 Å². The van der Waals surface area contributed by atoms with Crippen LogP contribution in [0.1, 0.15) is 44.0 Å². The van der Waals surface area contributed by atoms with Crippen LogP contribution in [0.2, 0.25) is 0 Å². The summed E-state index contributed by atoms with van der Waals surface area (Å²) in [6.45, 7) is 6.28. The molecule has 0 radical (unpaired) electrons.